The Morgan fingerprint density at radius 2 is 2.14 bits per heavy atom. The predicted octanol–water partition coefficient (Wildman–Crippen LogP) is 2.38. The van der Waals surface area contributed by atoms with E-state index < -0.39 is 21.3 Å². The minimum Gasteiger partial charge on any atom is -0.477 e. The molecule has 1 unspecified atom stereocenters. The van der Waals surface area contributed by atoms with Crippen LogP contribution in [0, 0.1) is 0 Å². The van der Waals surface area contributed by atoms with Crippen molar-refractivity contribution in [3.05, 3.63) is 9.93 Å². The number of rotatable bonds is 6. The van der Waals surface area contributed by atoms with Gasteiger partial charge >= 0.3 is 5.97 Å². The molecule has 0 radical (unpaired) electrons. The molecule has 0 spiro atoms. The first-order chi connectivity index (χ1) is 10.2. The second kappa shape index (κ2) is 6.22. The Morgan fingerprint density at radius 1 is 1.50 bits per heavy atom. The lowest BCUT2D eigenvalue weighted by Crippen LogP contribution is -2.72. The molecule has 2 aliphatic heterocycles. The van der Waals surface area contributed by atoms with Crippen LogP contribution in [0.3, 0.4) is 0 Å². The van der Waals surface area contributed by atoms with Gasteiger partial charge in [0.05, 0.1) is 4.24 Å². The number of nitrogens with zero attached hydrogens (tertiary/aromatic N) is 1. The number of amides is 1. The Hall–Kier alpha value is -0.443. The summed E-state index contributed by atoms with van der Waals surface area (Å²) >= 11 is 2.95. The average molecular weight is 362 g/mol. The highest BCUT2D eigenvalue weighted by molar-refractivity contribution is 8.22. The van der Waals surface area contributed by atoms with Crippen LogP contribution in [0.25, 0.3) is 0 Å². The minimum atomic E-state index is -1.03. The lowest BCUT2D eigenvalue weighted by atomic mass is 9.89. The molecule has 1 saturated heterocycles. The van der Waals surface area contributed by atoms with Crippen molar-refractivity contribution in [2.75, 3.05) is 5.75 Å². The van der Waals surface area contributed by atoms with Crippen molar-refractivity contribution in [3.63, 3.8) is 0 Å². The normalized spacial score (nSPS) is 28.5. The topological polar surface area (TPSA) is 66.8 Å². The fourth-order valence-corrected chi connectivity index (χ4v) is 6.62. The highest BCUT2D eigenvalue weighted by Crippen LogP contribution is 2.56. The van der Waals surface area contributed by atoms with E-state index >= 15 is 0 Å². The zero-order valence-electron chi connectivity index (χ0n) is 13.6. The molecule has 2 atom stereocenters. The average Bonchev–Trinajstić information content (AvgIpc) is 2.75. The molecule has 0 aromatic heterocycles. The summed E-state index contributed by atoms with van der Waals surface area (Å²) in [6.45, 7) is 10.3. The standard InChI is InChI=1S/C14H23NO4S2Si/c1-6-14(19-22-13(3,4)5)11(18)15-8(9(16)17)10(20-7-2)21-12(14)15/h12H,6-7,22H2,1-5H3,(H,16,17)/t12-,14?/m0/s1. The number of thioether (sulfide) groups is 2. The lowest BCUT2D eigenvalue weighted by molar-refractivity contribution is -0.173. The molecule has 1 N–H and O–H groups in total. The molecule has 1 amide bonds. The highest BCUT2D eigenvalue weighted by Gasteiger charge is 2.66. The Labute approximate surface area is 142 Å². The van der Waals surface area contributed by atoms with Gasteiger partial charge in [-0.1, -0.05) is 46.4 Å². The van der Waals surface area contributed by atoms with E-state index in [4.69, 9.17) is 4.43 Å². The molecule has 1 fully saturated rings. The molecule has 2 rings (SSSR count). The van der Waals surface area contributed by atoms with Crippen molar-refractivity contribution in [2.45, 2.75) is 57.1 Å². The lowest BCUT2D eigenvalue weighted by Gasteiger charge is -2.52. The van der Waals surface area contributed by atoms with E-state index in [9.17, 15) is 14.7 Å². The number of hydrogen-bond donors (Lipinski definition) is 1. The summed E-state index contributed by atoms with van der Waals surface area (Å²) in [6.07, 6.45) is 0.583. The molecule has 22 heavy (non-hydrogen) atoms. The molecule has 0 saturated carbocycles. The van der Waals surface area contributed by atoms with Crippen molar-refractivity contribution in [1.82, 2.24) is 4.90 Å². The van der Waals surface area contributed by atoms with Gasteiger partial charge in [-0.05, 0) is 17.2 Å². The molecule has 8 heteroatoms. The van der Waals surface area contributed by atoms with Gasteiger partial charge in [-0.3, -0.25) is 9.69 Å². The summed E-state index contributed by atoms with van der Waals surface area (Å²) in [5.41, 5.74) is -0.696. The van der Waals surface area contributed by atoms with Crippen LogP contribution in [0.4, 0.5) is 0 Å². The van der Waals surface area contributed by atoms with Gasteiger partial charge in [0.15, 0.2) is 21.1 Å². The zero-order chi connectivity index (χ0) is 16.7. The van der Waals surface area contributed by atoms with Crippen LogP contribution in [-0.2, 0) is 14.0 Å². The van der Waals surface area contributed by atoms with Gasteiger partial charge in [0, 0.05) is 0 Å². The maximum Gasteiger partial charge on any atom is 0.354 e. The van der Waals surface area contributed by atoms with Gasteiger partial charge in [-0.2, -0.15) is 0 Å². The monoisotopic (exact) mass is 361 g/mol. The van der Waals surface area contributed by atoms with Gasteiger partial charge in [-0.15, -0.1) is 11.8 Å². The van der Waals surface area contributed by atoms with Crippen molar-refractivity contribution in [1.29, 1.82) is 0 Å². The third-order valence-electron chi connectivity index (χ3n) is 3.63. The van der Waals surface area contributed by atoms with E-state index in [1.54, 1.807) is 0 Å². The number of carbonyl (C=O) groups is 2. The summed E-state index contributed by atoms with van der Waals surface area (Å²) in [5, 5.41) is 9.31. The van der Waals surface area contributed by atoms with E-state index in [2.05, 4.69) is 20.8 Å². The number of β-lactam (4-membered cyclic amide) rings is 1. The number of hydrogen-bond acceptors (Lipinski definition) is 5. The fraction of sp³-hybridized carbons (Fsp3) is 0.714. The number of carboxylic acid groups (broad SMARTS) is 1. The first-order valence-electron chi connectivity index (χ1n) is 7.42. The molecule has 2 heterocycles. The van der Waals surface area contributed by atoms with Gasteiger partial charge in [0.2, 0.25) is 0 Å². The van der Waals surface area contributed by atoms with Crippen LogP contribution < -0.4 is 0 Å². The van der Waals surface area contributed by atoms with Crippen molar-refractivity contribution >= 4 is 45.2 Å². The smallest absolute Gasteiger partial charge is 0.354 e. The Kier molecular flexibility index (Phi) is 5.06. The number of carboxylic acids is 1. The maximum absolute atomic E-state index is 12.7. The van der Waals surface area contributed by atoms with Crippen LogP contribution in [0.15, 0.2) is 9.93 Å². The predicted molar refractivity (Wildman–Crippen MR) is 93.4 cm³/mol. The van der Waals surface area contributed by atoms with Crippen molar-refractivity contribution in [2.24, 2.45) is 0 Å². The Morgan fingerprint density at radius 3 is 2.59 bits per heavy atom. The van der Waals surface area contributed by atoms with Gasteiger partial charge in [0.1, 0.15) is 5.37 Å². The number of fused-ring (bicyclic) bond motifs is 1. The highest BCUT2D eigenvalue weighted by atomic mass is 32.2. The molecule has 2 aliphatic rings. The largest absolute Gasteiger partial charge is 0.477 e. The van der Waals surface area contributed by atoms with Crippen molar-refractivity contribution in [3.8, 4) is 0 Å². The number of aliphatic carboxylic acids is 1. The fourth-order valence-electron chi connectivity index (χ4n) is 2.51. The van der Waals surface area contributed by atoms with Gasteiger partial charge in [-0.25, -0.2) is 4.79 Å². The van der Waals surface area contributed by atoms with Gasteiger partial charge < -0.3 is 9.53 Å². The summed E-state index contributed by atoms with van der Waals surface area (Å²) in [5.74, 6) is -0.435. The Balaban J connectivity index is 2.25. The van der Waals surface area contributed by atoms with Crippen LogP contribution in [0.2, 0.25) is 5.04 Å². The minimum absolute atomic E-state index is 0.0934. The summed E-state index contributed by atoms with van der Waals surface area (Å²) in [6, 6.07) is 0. The van der Waals surface area contributed by atoms with Crippen LogP contribution in [-0.4, -0.2) is 48.4 Å². The molecular formula is C14H23NO4S2Si. The van der Waals surface area contributed by atoms with E-state index in [1.165, 1.54) is 28.4 Å². The molecule has 0 bridgehead atoms. The molecule has 0 aromatic rings. The van der Waals surface area contributed by atoms with Crippen molar-refractivity contribution < 1.29 is 19.1 Å². The van der Waals surface area contributed by atoms with Crippen LogP contribution >= 0.6 is 23.5 Å². The number of carbonyl (C=O) groups excluding carboxylic acids is 1. The van der Waals surface area contributed by atoms with E-state index in [0.717, 1.165) is 9.99 Å². The van der Waals surface area contributed by atoms with Gasteiger partial charge in [0.25, 0.3) is 5.91 Å². The van der Waals surface area contributed by atoms with E-state index in [0.29, 0.717) is 6.42 Å². The maximum atomic E-state index is 12.7. The molecule has 5 nitrogen and oxygen atoms in total. The van der Waals surface area contributed by atoms with Crippen LogP contribution in [0.1, 0.15) is 41.0 Å². The first kappa shape index (κ1) is 17.9. The zero-order valence-corrected chi connectivity index (χ0v) is 16.7. The summed E-state index contributed by atoms with van der Waals surface area (Å²) < 4.78 is 6.88. The third kappa shape index (κ3) is 2.86. The van der Waals surface area contributed by atoms with E-state index in [1.807, 2.05) is 13.8 Å². The Bertz CT molecular complexity index is 531. The summed E-state index contributed by atoms with van der Waals surface area (Å²) in [4.78, 5) is 25.6. The first-order valence-corrected chi connectivity index (χ1v) is 10.6. The summed E-state index contributed by atoms with van der Waals surface area (Å²) in [7, 11) is -0.891. The second-order valence-corrected chi connectivity index (χ2v) is 11.9. The molecule has 124 valence electrons. The SMILES string of the molecule is CCSC1=C(C(=O)O)N2C(=O)C(CC)(O[SiH2]C(C)(C)C)[C@@H]2S1. The quantitative estimate of drug-likeness (QED) is 0.579. The molecule has 0 aliphatic carbocycles. The van der Waals surface area contributed by atoms with E-state index in [-0.39, 0.29) is 22.0 Å². The second-order valence-electron chi connectivity index (χ2n) is 6.61. The molecule has 0 aromatic carbocycles. The third-order valence-corrected chi connectivity index (χ3v) is 7.77. The van der Waals surface area contributed by atoms with Crippen LogP contribution in [0.5, 0.6) is 0 Å². The molecular weight excluding hydrogens is 338 g/mol.